The van der Waals surface area contributed by atoms with Crippen LogP contribution in [0.1, 0.15) is 18.9 Å². The molecule has 2 aromatic rings. The lowest BCUT2D eigenvalue weighted by atomic mass is 10.2. The van der Waals surface area contributed by atoms with Crippen molar-refractivity contribution in [1.82, 2.24) is 9.21 Å². The molecule has 0 spiro atoms. The number of hydrogen-bond acceptors (Lipinski definition) is 4. The summed E-state index contributed by atoms with van der Waals surface area (Å²) in [6.07, 6.45) is -4.76. The molecule has 168 valence electrons. The zero-order valence-electron chi connectivity index (χ0n) is 16.9. The number of para-hydroxylation sites is 1. The average Bonchev–Trinajstić information content (AvgIpc) is 2.77. The van der Waals surface area contributed by atoms with Crippen molar-refractivity contribution in [3.8, 4) is 5.75 Å². The number of benzene rings is 2. The number of ether oxygens (including phenoxy) is 1. The standard InChI is InChI=1S/C21H23F3N2O4S/c1-2-19(30-17-6-4-3-5-7-17)20(27)25-12-14-26(15-13-25)31(28,29)18-10-8-16(9-11-18)21(22,23)24/h3-11,19H,2,12-15H2,1H3/t19-/m0/s1. The van der Waals surface area contributed by atoms with Crippen LogP contribution in [-0.4, -0.2) is 55.8 Å². The van der Waals surface area contributed by atoms with Crippen LogP contribution in [-0.2, 0) is 21.0 Å². The predicted molar refractivity (Wildman–Crippen MR) is 108 cm³/mol. The molecule has 31 heavy (non-hydrogen) atoms. The Labute approximate surface area is 179 Å². The first kappa shape index (κ1) is 23.1. The van der Waals surface area contributed by atoms with E-state index in [1.165, 1.54) is 4.31 Å². The largest absolute Gasteiger partial charge is 0.481 e. The lowest BCUT2D eigenvalue weighted by Gasteiger charge is -2.35. The van der Waals surface area contributed by atoms with E-state index in [1.807, 2.05) is 13.0 Å². The molecular formula is C21H23F3N2O4S. The van der Waals surface area contributed by atoms with Crippen molar-refractivity contribution in [3.05, 3.63) is 60.2 Å². The summed E-state index contributed by atoms with van der Waals surface area (Å²) in [5, 5.41) is 0. The number of carbonyl (C=O) groups excluding carboxylic acids is 1. The molecule has 0 unspecified atom stereocenters. The van der Waals surface area contributed by atoms with Gasteiger partial charge in [-0.25, -0.2) is 8.42 Å². The molecule has 0 aliphatic carbocycles. The van der Waals surface area contributed by atoms with Gasteiger partial charge in [-0.3, -0.25) is 4.79 Å². The third kappa shape index (κ3) is 5.37. The topological polar surface area (TPSA) is 66.9 Å². The number of alkyl halides is 3. The molecule has 1 atom stereocenters. The van der Waals surface area contributed by atoms with Crippen LogP contribution in [0, 0.1) is 0 Å². The first-order valence-electron chi connectivity index (χ1n) is 9.81. The Bertz CT molecular complexity index is 988. The normalized spacial score (nSPS) is 16.7. The molecule has 6 nitrogen and oxygen atoms in total. The number of nitrogens with zero attached hydrogens (tertiary/aromatic N) is 2. The number of piperazine rings is 1. The second-order valence-electron chi connectivity index (χ2n) is 7.08. The fourth-order valence-electron chi connectivity index (χ4n) is 3.29. The Balaban J connectivity index is 1.63. The van der Waals surface area contributed by atoms with E-state index in [9.17, 15) is 26.4 Å². The van der Waals surface area contributed by atoms with E-state index in [-0.39, 0.29) is 37.0 Å². The van der Waals surface area contributed by atoms with E-state index in [0.29, 0.717) is 12.2 Å². The molecule has 2 aromatic carbocycles. The minimum absolute atomic E-state index is 0.0524. The molecule has 1 fully saturated rings. The van der Waals surface area contributed by atoms with Gasteiger partial charge in [-0.2, -0.15) is 17.5 Å². The van der Waals surface area contributed by atoms with E-state index in [2.05, 4.69) is 0 Å². The quantitative estimate of drug-likeness (QED) is 0.668. The maximum absolute atomic E-state index is 12.8. The summed E-state index contributed by atoms with van der Waals surface area (Å²) in [4.78, 5) is 14.2. The van der Waals surface area contributed by atoms with Gasteiger partial charge >= 0.3 is 6.18 Å². The van der Waals surface area contributed by atoms with E-state index >= 15 is 0 Å². The van der Waals surface area contributed by atoms with Gasteiger partial charge in [0.2, 0.25) is 10.0 Å². The lowest BCUT2D eigenvalue weighted by Crippen LogP contribution is -2.53. The smallest absolute Gasteiger partial charge is 0.416 e. The zero-order chi connectivity index (χ0) is 22.6. The number of sulfonamides is 1. The Morgan fingerprint density at radius 2 is 1.58 bits per heavy atom. The summed E-state index contributed by atoms with van der Waals surface area (Å²) in [6.45, 7) is 2.28. The van der Waals surface area contributed by atoms with E-state index < -0.39 is 27.9 Å². The van der Waals surface area contributed by atoms with Crippen molar-refractivity contribution in [1.29, 1.82) is 0 Å². The zero-order valence-corrected chi connectivity index (χ0v) is 17.7. The molecule has 0 N–H and O–H groups in total. The number of carbonyl (C=O) groups is 1. The summed E-state index contributed by atoms with van der Waals surface area (Å²) in [5.41, 5.74) is -0.911. The van der Waals surface area contributed by atoms with Crippen LogP contribution in [0.3, 0.4) is 0 Å². The van der Waals surface area contributed by atoms with Crippen molar-refractivity contribution in [3.63, 3.8) is 0 Å². The first-order chi connectivity index (χ1) is 14.6. The van der Waals surface area contributed by atoms with Crippen LogP contribution in [0.15, 0.2) is 59.5 Å². The highest BCUT2D eigenvalue weighted by Crippen LogP contribution is 2.30. The molecule has 0 aromatic heterocycles. The molecule has 1 amide bonds. The van der Waals surface area contributed by atoms with E-state index in [1.54, 1.807) is 29.2 Å². The van der Waals surface area contributed by atoms with Gasteiger partial charge in [0.25, 0.3) is 5.91 Å². The van der Waals surface area contributed by atoms with Crippen molar-refractivity contribution in [2.75, 3.05) is 26.2 Å². The Kier molecular flexibility index (Phi) is 6.90. The fraction of sp³-hybridized carbons (Fsp3) is 0.381. The molecule has 1 aliphatic heterocycles. The van der Waals surface area contributed by atoms with Gasteiger partial charge in [0.05, 0.1) is 10.5 Å². The summed E-state index contributed by atoms with van der Waals surface area (Å²) in [6, 6.07) is 12.4. The van der Waals surface area contributed by atoms with Gasteiger partial charge in [-0.05, 0) is 42.8 Å². The van der Waals surface area contributed by atoms with Gasteiger partial charge in [0, 0.05) is 26.2 Å². The van der Waals surface area contributed by atoms with Crippen molar-refractivity contribution in [2.24, 2.45) is 0 Å². The van der Waals surface area contributed by atoms with Gasteiger partial charge in [0.15, 0.2) is 6.10 Å². The van der Waals surface area contributed by atoms with Gasteiger partial charge in [-0.1, -0.05) is 25.1 Å². The highest BCUT2D eigenvalue weighted by molar-refractivity contribution is 7.89. The minimum Gasteiger partial charge on any atom is -0.481 e. The van der Waals surface area contributed by atoms with Gasteiger partial charge < -0.3 is 9.64 Å². The third-order valence-corrected chi connectivity index (χ3v) is 6.95. The van der Waals surface area contributed by atoms with Gasteiger partial charge in [-0.15, -0.1) is 0 Å². The summed E-state index contributed by atoms with van der Waals surface area (Å²) in [5.74, 6) is 0.351. The van der Waals surface area contributed by atoms with Crippen LogP contribution in [0.2, 0.25) is 0 Å². The SMILES string of the molecule is CC[C@H](Oc1ccccc1)C(=O)N1CCN(S(=O)(=O)c2ccc(C(F)(F)F)cc2)CC1. The summed E-state index contributed by atoms with van der Waals surface area (Å²) >= 11 is 0. The number of hydrogen-bond donors (Lipinski definition) is 0. The maximum atomic E-state index is 12.8. The molecule has 0 bridgehead atoms. The Morgan fingerprint density at radius 1 is 1.00 bits per heavy atom. The van der Waals surface area contributed by atoms with Crippen LogP contribution >= 0.6 is 0 Å². The molecule has 0 saturated carbocycles. The first-order valence-corrected chi connectivity index (χ1v) is 11.2. The van der Waals surface area contributed by atoms with Crippen molar-refractivity contribution >= 4 is 15.9 Å². The highest BCUT2D eigenvalue weighted by Gasteiger charge is 2.34. The van der Waals surface area contributed by atoms with Crippen LogP contribution < -0.4 is 4.74 Å². The third-order valence-electron chi connectivity index (χ3n) is 5.04. The highest BCUT2D eigenvalue weighted by atomic mass is 32.2. The van der Waals surface area contributed by atoms with E-state index in [0.717, 1.165) is 24.3 Å². The molecule has 1 aliphatic rings. The average molecular weight is 456 g/mol. The Morgan fingerprint density at radius 3 is 2.10 bits per heavy atom. The monoisotopic (exact) mass is 456 g/mol. The number of halogens is 3. The Hall–Kier alpha value is -2.59. The molecule has 1 heterocycles. The van der Waals surface area contributed by atoms with Crippen molar-refractivity contribution in [2.45, 2.75) is 30.5 Å². The van der Waals surface area contributed by atoms with Gasteiger partial charge in [0.1, 0.15) is 5.75 Å². The lowest BCUT2D eigenvalue weighted by molar-refractivity contribution is -0.140. The summed E-state index contributed by atoms with van der Waals surface area (Å²) in [7, 11) is -3.95. The predicted octanol–water partition coefficient (Wildman–Crippen LogP) is 3.40. The van der Waals surface area contributed by atoms with Crippen molar-refractivity contribution < 1.29 is 31.1 Å². The number of rotatable bonds is 6. The molecule has 10 heteroatoms. The second-order valence-corrected chi connectivity index (χ2v) is 9.02. The molecule has 1 saturated heterocycles. The summed E-state index contributed by atoms with van der Waals surface area (Å²) < 4.78 is 70.6. The van der Waals surface area contributed by atoms with Crippen LogP contribution in [0.25, 0.3) is 0 Å². The fourth-order valence-corrected chi connectivity index (χ4v) is 4.71. The second kappa shape index (κ2) is 9.27. The molecular weight excluding hydrogens is 433 g/mol. The van der Waals surface area contributed by atoms with E-state index in [4.69, 9.17) is 4.74 Å². The molecule has 3 rings (SSSR count). The van der Waals surface area contributed by atoms with Crippen LogP contribution in [0.4, 0.5) is 13.2 Å². The maximum Gasteiger partial charge on any atom is 0.416 e. The number of amides is 1. The minimum atomic E-state index is -4.54. The molecule has 0 radical (unpaired) electrons. The van der Waals surface area contributed by atoms with Crippen LogP contribution in [0.5, 0.6) is 5.75 Å².